The number of aromatic amines is 2. The van der Waals surface area contributed by atoms with Crippen LogP contribution in [0.3, 0.4) is 0 Å². The average molecular weight is 290 g/mol. The number of carbonyl (C=O) groups excluding carboxylic acids is 1. The van der Waals surface area contributed by atoms with Gasteiger partial charge in [-0.3, -0.25) is 4.79 Å². The number of hydrogen-bond donors (Lipinski definition) is 3. The number of tetrazole rings is 1. The molecule has 0 aliphatic carbocycles. The zero-order valence-electron chi connectivity index (χ0n) is 9.96. The van der Waals surface area contributed by atoms with Gasteiger partial charge in [0.05, 0.1) is 5.69 Å². The van der Waals surface area contributed by atoms with Gasteiger partial charge in [-0.15, -0.1) is 10.2 Å². The van der Waals surface area contributed by atoms with E-state index in [1.807, 2.05) is 0 Å². The quantitative estimate of drug-likeness (QED) is 0.389. The number of H-pyrrole nitrogens is 2. The van der Waals surface area contributed by atoms with Crippen molar-refractivity contribution in [3.63, 3.8) is 0 Å². The number of fused-ring (bicyclic) bond motifs is 1. The molecule has 0 saturated carbocycles. The number of nitrogens with one attached hydrogen (secondary N) is 2. The highest BCUT2D eigenvalue weighted by molar-refractivity contribution is 6.31. The molecule has 7 nitrogen and oxygen atoms in total. The van der Waals surface area contributed by atoms with Crippen LogP contribution in [0.5, 0.6) is 0 Å². The van der Waals surface area contributed by atoms with E-state index in [0.29, 0.717) is 10.7 Å². The summed E-state index contributed by atoms with van der Waals surface area (Å²) in [6, 6.07) is 6.96. The highest BCUT2D eigenvalue weighted by Crippen LogP contribution is 2.22. The topological polar surface area (TPSA) is 108 Å². The molecule has 20 heavy (non-hydrogen) atoms. The van der Waals surface area contributed by atoms with Gasteiger partial charge in [-0.25, -0.2) is 0 Å². The van der Waals surface area contributed by atoms with Gasteiger partial charge in [-0.05, 0) is 29.5 Å². The lowest BCUT2D eigenvalue weighted by Crippen LogP contribution is -1.99. The lowest BCUT2D eigenvalue weighted by Gasteiger charge is -1.94. The molecule has 0 radical (unpaired) electrons. The number of aliphatic hydroxyl groups excluding tert-OH is 1. The second-order valence-electron chi connectivity index (χ2n) is 4.04. The molecule has 0 atom stereocenters. The molecule has 1 aromatic carbocycles. The molecule has 0 fully saturated rings. The van der Waals surface area contributed by atoms with E-state index in [9.17, 15) is 9.90 Å². The molecule has 0 bridgehead atoms. The lowest BCUT2D eigenvalue weighted by molar-refractivity contribution is 0.103. The Morgan fingerprint density at radius 2 is 2.20 bits per heavy atom. The van der Waals surface area contributed by atoms with Crippen LogP contribution in [0.4, 0.5) is 0 Å². The van der Waals surface area contributed by atoms with Crippen LogP contribution >= 0.6 is 11.6 Å². The fourth-order valence-corrected chi connectivity index (χ4v) is 1.95. The Labute approximate surface area is 117 Å². The predicted octanol–water partition coefficient (Wildman–Crippen LogP) is 2.12. The zero-order chi connectivity index (χ0) is 14.1. The molecule has 3 rings (SSSR count). The van der Waals surface area contributed by atoms with Gasteiger partial charge in [0.2, 0.25) is 11.6 Å². The molecular weight excluding hydrogens is 282 g/mol. The highest BCUT2D eigenvalue weighted by Gasteiger charge is 2.12. The summed E-state index contributed by atoms with van der Waals surface area (Å²) in [6.45, 7) is 0. The minimum atomic E-state index is -0.548. The summed E-state index contributed by atoms with van der Waals surface area (Å²) >= 11 is 5.89. The largest absolute Gasteiger partial charge is 0.506 e. The molecule has 0 aliphatic heterocycles. The van der Waals surface area contributed by atoms with Crippen molar-refractivity contribution in [2.75, 3.05) is 0 Å². The molecular formula is C12H8ClN5O2. The highest BCUT2D eigenvalue weighted by atomic mass is 35.5. The predicted molar refractivity (Wildman–Crippen MR) is 72.4 cm³/mol. The van der Waals surface area contributed by atoms with Crippen LogP contribution < -0.4 is 0 Å². The fourth-order valence-electron chi connectivity index (χ4n) is 1.77. The van der Waals surface area contributed by atoms with E-state index >= 15 is 0 Å². The molecule has 100 valence electrons. The molecule has 0 saturated heterocycles. The van der Waals surface area contributed by atoms with E-state index in [1.165, 1.54) is 0 Å². The van der Waals surface area contributed by atoms with E-state index in [1.54, 1.807) is 24.3 Å². The maximum atomic E-state index is 11.7. The summed E-state index contributed by atoms with van der Waals surface area (Å²) in [6.07, 6.45) is 1.02. The van der Waals surface area contributed by atoms with Gasteiger partial charge < -0.3 is 10.1 Å². The van der Waals surface area contributed by atoms with Crippen molar-refractivity contribution < 1.29 is 9.90 Å². The monoisotopic (exact) mass is 289 g/mol. The van der Waals surface area contributed by atoms with E-state index < -0.39 is 5.78 Å². The maximum absolute atomic E-state index is 11.7. The Morgan fingerprint density at radius 3 is 2.95 bits per heavy atom. The summed E-state index contributed by atoms with van der Waals surface area (Å²) in [5.41, 5.74) is 1.20. The Bertz CT molecular complexity index is 806. The third-order valence-corrected chi connectivity index (χ3v) is 2.93. The SMILES string of the molecule is O=C(/C=C(\O)c1cc2cc(Cl)ccc2[nH]1)c1nn[nH]n1. The lowest BCUT2D eigenvalue weighted by atomic mass is 10.2. The molecule has 0 amide bonds. The van der Waals surface area contributed by atoms with E-state index in [-0.39, 0.29) is 11.6 Å². The Morgan fingerprint density at radius 1 is 1.35 bits per heavy atom. The Hall–Kier alpha value is -2.67. The maximum Gasteiger partial charge on any atom is 0.244 e. The van der Waals surface area contributed by atoms with Crippen LogP contribution in [-0.2, 0) is 0 Å². The third kappa shape index (κ3) is 2.26. The molecule has 3 aromatic rings. The normalized spacial score (nSPS) is 11.9. The smallest absolute Gasteiger partial charge is 0.244 e. The molecule has 2 aromatic heterocycles. The van der Waals surface area contributed by atoms with Crippen molar-refractivity contribution >= 4 is 34.0 Å². The molecule has 0 aliphatic rings. The molecule has 0 spiro atoms. The number of hydrogen-bond acceptors (Lipinski definition) is 5. The second-order valence-corrected chi connectivity index (χ2v) is 4.48. The first kappa shape index (κ1) is 12.4. The van der Waals surface area contributed by atoms with Crippen molar-refractivity contribution in [2.24, 2.45) is 0 Å². The van der Waals surface area contributed by atoms with Crippen molar-refractivity contribution in [2.45, 2.75) is 0 Å². The van der Waals surface area contributed by atoms with Crippen molar-refractivity contribution in [3.8, 4) is 0 Å². The van der Waals surface area contributed by atoms with Gasteiger partial charge in [0.1, 0.15) is 5.76 Å². The van der Waals surface area contributed by atoms with Gasteiger partial charge in [-0.2, -0.15) is 5.21 Å². The summed E-state index contributed by atoms with van der Waals surface area (Å²) in [5, 5.41) is 23.9. The molecule has 0 unspecified atom stereocenters. The van der Waals surface area contributed by atoms with Gasteiger partial charge in [0, 0.05) is 22.0 Å². The van der Waals surface area contributed by atoms with Crippen molar-refractivity contribution in [1.29, 1.82) is 0 Å². The fraction of sp³-hybridized carbons (Fsp3) is 0. The molecule has 2 heterocycles. The number of ketones is 1. The van der Waals surface area contributed by atoms with Crippen LogP contribution in [-0.4, -0.2) is 36.5 Å². The zero-order valence-corrected chi connectivity index (χ0v) is 10.7. The third-order valence-electron chi connectivity index (χ3n) is 2.69. The standard InChI is InChI=1S/C12H8ClN5O2/c13-7-1-2-8-6(3-7)4-9(14-8)10(19)5-11(20)12-15-17-18-16-12/h1-5,14,19H,(H,15,16,17,18)/b10-5-. The van der Waals surface area contributed by atoms with Crippen LogP contribution in [0, 0.1) is 0 Å². The molecule has 8 heteroatoms. The first-order chi connectivity index (χ1) is 9.63. The molecule has 3 N–H and O–H groups in total. The summed E-state index contributed by atoms with van der Waals surface area (Å²) in [7, 11) is 0. The van der Waals surface area contributed by atoms with Gasteiger partial charge in [0.25, 0.3) is 0 Å². The summed E-state index contributed by atoms with van der Waals surface area (Å²) in [4.78, 5) is 14.7. The number of nitrogens with zero attached hydrogens (tertiary/aromatic N) is 3. The van der Waals surface area contributed by atoms with Crippen LogP contribution in [0.1, 0.15) is 16.3 Å². The number of aliphatic hydroxyl groups is 1. The minimum absolute atomic E-state index is 0.115. The first-order valence-electron chi connectivity index (χ1n) is 5.60. The summed E-state index contributed by atoms with van der Waals surface area (Å²) < 4.78 is 0. The van der Waals surface area contributed by atoms with E-state index in [4.69, 9.17) is 11.6 Å². The average Bonchev–Trinajstić information content (AvgIpc) is 3.07. The Balaban J connectivity index is 1.95. The number of aromatic nitrogens is 5. The van der Waals surface area contributed by atoms with Gasteiger partial charge in [-0.1, -0.05) is 11.6 Å². The number of carbonyl (C=O) groups is 1. The number of benzene rings is 1. The van der Waals surface area contributed by atoms with Crippen LogP contribution in [0.2, 0.25) is 5.02 Å². The van der Waals surface area contributed by atoms with Crippen LogP contribution in [0.25, 0.3) is 16.7 Å². The van der Waals surface area contributed by atoms with Crippen molar-refractivity contribution in [1.82, 2.24) is 25.6 Å². The van der Waals surface area contributed by atoms with E-state index in [0.717, 1.165) is 17.0 Å². The van der Waals surface area contributed by atoms with Crippen LogP contribution in [0.15, 0.2) is 30.3 Å². The second kappa shape index (κ2) is 4.78. The number of allylic oxidation sites excluding steroid dienone is 1. The number of halogens is 1. The first-order valence-corrected chi connectivity index (χ1v) is 5.98. The van der Waals surface area contributed by atoms with Gasteiger partial charge >= 0.3 is 0 Å². The number of rotatable bonds is 3. The summed E-state index contributed by atoms with van der Waals surface area (Å²) in [5.74, 6) is -0.879. The van der Waals surface area contributed by atoms with Crippen molar-refractivity contribution in [3.05, 3.63) is 46.9 Å². The Kier molecular flexibility index (Phi) is 2.96. The minimum Gasteiger partial charge on any atom is -0.506 e. The van der Waals surface area contributed by atoms with E-state index in [2.05, 4.69) is 25.6 Å². The van der Waals surface area contributed by atoms with Gasteiger partial charge in [0.15, 0.2) is 0 Å².